The molecule has 1 aromatic rings. The molecule has 1 heterocycles. The molecule has 4 nitrogen and oxygen atoms in total. The number of nitrogens with one attached hydrogen (secondary N) is 1. The summed E-state index contributed by atoms with van der Waals surface area (Å²) in [5.74, 6) is 1.10. The van der Waals surface area contributed by atoms with Crippen molar-refractivity contribution in [2.45, 2.75) is 59.0 Å². The molecule has 2 unspecified atom stereocenters. The Hall–Kier alpha value is -0.680. The molecule has 0 saturated carbocycles. The Balaban J connectivity index is 2.62. The van der Waals surface area contributed by atoms with Gasteiger partial charge in [-0.3, -0.25) is 0 Å². The van der Waals surface area contributed by atoms with Gasteiger partial charge in [-0.05, 0) is 12.8 Å². The molecule has 0 radical (unpaired) electrons. The van der Waals surface area contributed by atoms with E-state index >= 15 is 0 Å². The summed E-state index contributed by atoms with van der Waals surface area (Å²) in [5.41, 5.74) is -0.752. The van der Waals surface area contributed by atoms with E-state index in [2.05, 4.69) is 49.3 Å². The molecule has 0 aliphatic carbocycles. The van der Waals surface area contributed by atoms with Crippen LogP contribution in [0.15, 0.2) is 0 Å². The second-order valence-electron chi connectivity index (χ2n) is 6.19. The van der Waals surface area contributed by atoms with Crippen LogP contribution in [-0.2, 0) is 5.41 Å². The molecule has 5 heteroatoms. The highest BCUT2D eigenvalue weighted by atomic mass is 32.1. The lowest BCUT2D eigenvalue weighted by Gasteiger charge is -2.29. The minimum atomic E-state index is -0.720. The molecule has 18 heavy (non-hydrogen) atoms. The van der Waals surface area contributed by atoms with Crippen LogP contribution in [-0.4, -0.2) is 26.6 Å². The van der Waals surface area contributed by atoms with Crippen LogP contribution in [0.2, 0.25) is 0 Å². The van der Waals surface area contributed by atoms with Gasteiger partial charge in [-0.2, -0.15) is 4.37 Å². The molecule has 0 saturated heterocycles. The van der Waals surface area contributed by atoms with Crippen molar-refractivity contribution >= 4 is 16.7 Å². The minimum Gasteiger partial charge on any atom is -0.388 e. The average molecular weight is 271 g/mol. The van der Waals surface area contributed by atoms with Crippen molar-refractivity contribution in [3.05, 3.63) is 5.82 Å². The van der Waals surface area contributed by atoms with E-state index in [0.29, 0.717) is 6.54 Å². The molecule has 0 fully saturated rings. The molecule has 0 amide bonds. The van der Waals surface area contributed by atoms with Gasteiger partial charge < -0.3 is 10.4 Å². The molecule has 2 N–H and O–H groups in total. The normalized spacial score (nSPS) is 17.3. The van der Waals surface area contributed by atoms with E-state index in [1.807, 2.05) is 6.92 Å². The van der Waals surface area contributed by atoms with E-state index in [4.69, 9.17) is 0 Å². The molecule has 0 aromatic carbocycles. The second kappa shape index (κ2) is 5.53. The fourth-order valence-corrected chi connectivity index (χ4v) is 2.22. The molecule has 1 aromatic heterocycles. The summed E-state index contributed by atoms with van der Waals surface area (Å²) in [6.45, 7) is 12.8. The molecule has 2 atom stereocenters. The summed E-state index contributed by atoms with van der Waals surface area (Å²) < 4.78 is 4.34. The standard InChI is InChI=1S/C13H25N3OS/c1-7-9(2)13(6,17)8-14-11-15-10(16-18-11)12(3,4)5/h9,17H,7-8H2,1-6H3,(H,14,15,16). The third-order valence-electron chi connectivity index (χ3n) is 3.37. The summed E-state index contributed by atoms with van der Waals surface area (Å²) in [5, 5.41) is 14.3. The van der Waals surface area contributed by atoms with Crippen molar-refractivity contribution in [3.63, 3.8) is 0 Å². The van der Waals surface area contributed by atoms with E-state index in [0.717, 1.165) is 17.4 Å². The van der Waals surface area contributed by atoms with Gasteiger partial charge in [0.1, 0.15) is 5.82 Å². The number of nitrogens with zero attached hydrogens (tertiary/aromatic N) is 2. The lowest BCUT2D eigenvalue weighted by molar-refractivity contribution is 0.0175. The van der Waals surface area contributed by atoms with Crippen LogP contribution in [0.5, 0.6) is 0 Å². The molecular weight excluding hydrogens is 246 g/mol. The van der Waals surface area contributed by atoms with Gasteiger partial charge in [0, 0.05) is 23.5 Å². The van der Waals surface area contributed by atoms with Crippen LogP contribution < -0.4 is 5.32 Å². The SMILES string of the molecule is CCC(C)C(C)(O)CNc1nc(C(C)(C)C)ns1. The first-order chi connectivity index (χ1) is 8.16. The smallest absolute Gasteiger partial charge is 0.202 e. The van der Waals surface area contributed by atoms with Gasteiger partial charge in [0.2, 0.25) is 5.13 Å². The Kier molecular flexibility index (Phi) is 4.72. The highest BCUT2D eigenvalue weighted by molar-refractivity contribution is 7.09. The highest BCUT2D eigenvalue weighted by Crippen LogP contribution is 2.25. The van der Waals surface area contributed by atoms with E-state index < -0.39 is 5.60 Å². The van der Waals surface area contributed by atoms with Gasteiger partial charge >= 0.3 is 0 Å². The van der Waals surface area contributed by atoms with Gasteiger partial charge in [0.25, 0.3) is 0 Å². The highest BCUT2D eigenvalue weighted by Gasteiger charge is 2.27. The van der Waals surface area contributed by atoms with Crippen molar-refractivity contribution in [1.29, 1.82) is 0 Å². The summed E-state index contributed by atoms with van der Waals surface area (Å²) in [6.07, 6.45) is 0.956. The zero-order chi connectivity index (χ0) is 14.0. The fourth-order valence-electron chi connectivity index (χ4n) is 1.47. The van der Waals surface area contributed by atoms with Crippen LogP contribution in [0.3, 0.4) is 0 Å². The summed E-state index contributed by atoms with van der Waals surface area (Å²) in [7, 11) is 0. The molecular formula is C13H25N3OS. The zero-order valence-electron chi connectivity index (χ0n) is 12.2. The Labute approximate surface area is 114 Å². The number of rotatable bonds is 5. The maximum Gasteiger partial charge on any atom is 0.202 e. The first kappa shape index (κ1) is 15.4. The van der Waals surface area contributed by atoms with Crippen LogP contribution in [0.25, 0.3) is 0 Å². The van der Waals surface area contributed by atoms with Gasteiger partial charge in [-0.1, -0.05) is 41.0 Å². The van der Waals surface area contributed by atoms with E-state index in [9.17, 15) is 5.11 Å². The molecule has 1 rings (SSSR count). The predicted octanol–water partition coefficient (Wildman–Crippen LogP) is 3.04. The van der Waals surface area contributed by atoms with E-state index in [1.54, 1.807) is 0 Å². The lowest BCUT2D eigenvalue weighted by Crippen LogP contribution is -2.39. The number of hydrogen-bond acceptors (Lipinski definition) is 5. The fraction of sp³-hybridized carbons (Fsp3) is 0.846. The summed E-state index contributed by atoms with van der Waals surface area (Å²) in [6, 6.07) is 0. The van der Waals surface area contributed by atoms with Crippen molar-refractivity contribution in [2.75, 3.05) is 11.9 Å². The van der Waals surface area contributed by atoms with E-state index in [-0.39, 0.29) is 11.3 Å². The second-order valence-corrected chi connectivity index (χ2v) is 6.95. The van der Waals surface area contributed by atoms with Crippen molar-refractivity contribution < 1.29 is 5.11 Å². The van der Waals surface area contributed by atoms with Crippen molar-refractivity contribution in [3.8, 4) is 0 Å². The quantitative estimate of drug-likeness (QED) is 0.864. The number of aromatic nitrogens is 2. The Morgan fingerprint density at radius 1 is 1.33 bits per heavy atom. The Morgan fingerprint density at radius 2 is 1.94 bits per heavy atom. The van der Waals surface area contributed by atoms with Gasteiger partial charge in [-0.15, -0.1) is 0 Å². The average Bonchev–Trinajstić information content (AvgIpc) is 2.73. The van der Waals surface area contributed by atoms with Crippen molar-refractivity contribution in [1.82, 2.24) is 9.36 Å². The monoisotopic (exact) mass is 271 g/mol. The lowest BCUT2D eigenvalue weighted by atomic mass is 9.89. The number of hydrogen-bond donors (Lipinski definition) is 2. The van der Waals surface area contributed by atoms with Crippen LogP contribution >= 0.6 is 11.5 Å². The largest absolute Gasteiger partial charge is 0.388 e. The topological polar surface area (TPSA) is 58.0 Å². The molecule has 0 bridgehead atoms. The Bertz CT molecular complexity index is 382. The first-order valence-corrected chi connectivity index (χ1v) is 7.24. The van der Waals surface area contributed by atoms with Gasteiger partial charge in [0.05, 0.1) is 5.60 Å². The number of aliphatic hydroxyl groups is 1. The third-order valence-corrected chi connectivity index (χ3v) is 4.04. The van der Waals surface area contributed by atoms with Gasteiger partial charge in [0.15, 0.2) is 0 Å². The third kappa shape index (κ3) is 3.92. The maximum absolute atomic E-state index is 10.3. The maximum atomic E-state index is 10.3. The first-order valence-electron chi connectivity index (χ1n) is 6.47. The molecule has 0 aliphatic heterocycles. The minimum absolute atomic E-state index is 0.0321. The predicted molar refractivity (Wildman–Crippen MR) is 77.2 cm³/mol. The zero-order valence-corrected chi connectivity index (χ0v) is 13.1. The van der Waals surface area contributed by atoms with Gasteiger partial charge in [-0.25, -0.2) is 4.98 Å². The molecule has 0 aliphatic rings. The summed E-state index contributed by atoms with van der Waals surface area (Å²) in [4.78, 5) is 4.45. The molecule has 104 valence electrons. The van der Waals surface area contributed by atoms with Crippen LogP contribution in [0.4, 0.5) is 5.13 Å². The summed E-state index contributed by atoms with van der Waals surface area (Å²) >= 11 is 1.35. The number of anilines is 1. The van der Waals surface area contributed by atoms with Crippen LogP contribution in [0.1, 0.15) is 53.8 Å². The van der Waals surface area contributed by atoms with Crippen LogP contribution in [0, 0.1) is 5.92 Å². The Morgan fingerprint density at radius 3 is 2.39 bits per heavy atom. The van der Waals surface area contributed by atoms with Crippen molar-refractivity contribution in [2.24, 2.45) is 5.92 Å². The van der Waals surface area contributed by atoms with E-state index in [1.165, 1.54) is 11.5 Å². The molecule has 0 spiro atoms.